The van der Waals surface area contributed by atoms with E-state index >= 15 is 0 Å². The van der Waals surface area contributed by atoms with Crippen LogP contribution in [0.15, 0.2) is 47.7 Å². The second-order valence-electron chi connectivity index (χ2n) is 6.64. The molecule has 0 spiro atoms. The summed E-state index contributed by atoms with van der Waals surface area (Å²) in [6, 6.07) is 10.6. The van der Waals surface area contributed by atoms with Crippen LogP contribution in [0, 0.1) is 5.92 Å². The van der Waals surface area contributed by atoms with E-state index in [0.717, 1.165) is 16.3 Å². The van der Waals surface area contributed by atoms with Crippen LogP contribution < -0.4 is 15.4 Å². The molecule has 1 aliphatic heterocycles. The van der Waals surface area contributed by atoms with E-state index in [9.17, 15) is 9.59 Å². The number of nitrogens with one attached hydrogen (secondary N) is 2. The summed E-state index contributed by atoms with van der Waals surface area (Å²) in [5, 5.41) is 7.57. The van der Waals surface area contributed by atoms with Gasteiger partial charge in [-0.3, -0.25) is 0 Å². The van der Waals surface area contributed by atoms with E-state index in [1.165, 1.54) is 0 Å². The third kappa shape index (κ3) is 3.47. The summed E-state index contributed by atoms with van der Waals surface area (Å²) in [6.45, 7) is 5.87. The van der Waals surface area contributed by atoms with Gasteiger partial charge in [0.05, 0.1) is 25.3 Å². The topological polar surface area (TPSA) is 76.7 Å². The summed E-state index contributed by atoms with van der Waals surface area (Å²) in [4.78, 5) is 25.2. The Hall–Kier alpha value is -3.02. The highest BCUT2D eigenvalue weighted by Gasteiger charge is 2.36. The lowest BCUT2D eigenvalue weighted by Gasteiger charge is -2.32. The molecule has 1 atom stereocenters. The second kappa shape index (κ2) is 7.70. The van der Waals surface area contributed by atoms with Crippen LogP contribution in [0.1, 0.15) is 32.4 Å². The summed E-state index contributed by atoms with van der Waals surface area (Å²) < 4.78 is 10.9. The predicted molar refractivity (Wildman–Crippen MR) is 103 cm³/mol. The Balaban J connectivity index is 2.30. The maximum Gasteiger partial charge on any atom is 0.338 e. The van der Waals surface area contributed by atoms with E-state index in [-0.39, 0.29) is 18.6 Å². The number of fused-ring (bicyclic) bond motifs is 1. The largest absolute Gasteiger partial charge is 0.496 e. The molecule has 1 aliphatic rings. The van der Waals surface area contributed by atoms with Crippen molar-refractivity contribution in [1.82, 2.24) is 10.6 Å². The fraction of sp³-hybridized carbons (Fsp3) is 0.333. The first-order chi connectivity index (χ1) is 13.0. The Kier molecular flexibility index (Phi) is 5.35. The zero-order valence-electron chi connectivity index (χ0n) is 16.0. The molecule has 3 rings (SSSR count). The van der Waals surface area contributed by atoms with Gasteiger partial charge in [-0.25, -0.2) is 9.59 Å². The van der Waals surface area contributed by atoms with Gasteiger partial charge in [-0.05, 0) is 29.7 Å². The van der Waals surface area contributed by atoms with E-state index in [2.05, 4.69) is 10.6 Å². The normalized spacial score (nSPS) is 16.9. The number of hydrogen-bond donors (Lipinski definition) is 2. The van der Waals surface area contributed by atoms with Gasteiger partial charge in [0, 0.05) is 11.3 Å². The van der Waals surface area contributed by atoms with Gasteiger partial charge in [-0.1, -0.05) is 44.2 Å². The van der Waals surface area contributed by atoms with Gasteiger partial charge in [0.2, 0.25) is 0 Å². The molecule has 142 valence electrons. The first kappa shape index (κ1) is 18.8. The number of hydrogen-bond acceptors (Lipinski definition) is 4. The van der Waals surface area contributed by atoms with E-state index < -0.39 is 12.0 Å². The number of methoxy groups -OCH3 is 1. The van der Waals surface area contributed by atoms with Crippen molar-refractivity contribution in [2.75, 3.05) is 13.7 Å². The van der Waals surface area contributed by atoms with E-state index in [1.807, 2.05) is 50.2 Å². The molecule has 0 aromatic heterocycles. The average molecular weight is 368 g/mol. The zero-order valence-corrected chi connectivity index (χ0v) is 16.0. The minimum atomic E-state index is -0.670. The molecular formula is C21H24N2O4. The summed E-state index contributed by atoms with van der Waals surface area (Å²) >= 11 is 0. The monoisotopic (exact) mass is 368 g/mol. The lowest BCUT2D eigenvalue weighted by Crippen LogP contribution is -2.47. The highest BCUT2D eigenvalue weighted by Crippen LogP contribution is 2.39. The van der Waals surface area contributed by atoms with Gasteiger partial charge in [0.15, 0.2) is 0 Å². The Morgan fingerprint density at radius 3 is 2.59 bits per heavy atom. The SMILES string of the molecule is CCOC(=O)C1=C(C(C)C)NC(=O)NC1c1c(OC)ccc2ccccc12. The maximum absolute atomic E-state index is 12.8. The predicted octanol–water partition coefficient (Wildman–Crippen LogP) is 3.68. The summed E-state index contributed by atoms with van der Waals surface area (Å²) in [5.74, 6) is 0.0958. The summed E-state index contributed by atoms with van der Waals surface area (Å²) in [5.41, 5.74) is 1.71. The number of ether oxygens (including phenoxy) is 2. The number of urea groups is 1. The van der Waals surface area contributed by atoms with Crippen LogP contribution >= 0.6 is 0 Å². The van der Waals surface area contributed by atoms with Crippen molar-refractivity contribution in [1.29, 1.82) is 0 Å². The molecule has 1 unspecified atom stereocenters. The summed E-state index contributed by atoms with van der Waals surface area (Å²) in [7, 11) is 1.58. The first-order valence-electron chi connectivity index (χ1n) is 9.02. The maximum atomic E-state index is 12.8. The van der Waals surface area contributed by atoms with Gasteiger partial charge in [0.25, 0.3) is 0 Å². The molecule has 0 bridgehead atoms. The number of rotatable bonds is 5. The molecule has 0 saturated carbocycles. The van der Waals surface area contributed by atoms with Gasteiger partial charge >= 0.3 is 12.0 Å². The van der Waals surface area contributed by atoms with Crippen LogP contribution in [-0.4, -0.2) is 25.7 Å². The summed E-state index contributed by atoms with van der Waals surface area (Å²) in [6.07, 6.45) is 0. The Bertz CT molecular complexity index is 918. The molecule has 2 N–H and O–H groups in total. The van der Waals surface area contributed by atoms with Crippen LogP contribution in [0.3, 0.4) is 0 Å². The third-order valence-corrected chi connectivity index (χ3v) is 4.61. The average Bonchev–Trinajstić information content (AvgIpc) is 2.66. The zero-order chi connectivity index (χ0) is 19.6. The minimum absolute atomic E-state index is 0.0565. The van der Waals surface area contributed by atoms with Crippen LogP contribution in [0.2, 0.25) is 0 Å². The molecule has 6 nitrogen and oxygen atoms in total. The van der Waals surface area contributed by atoms with Gasteiger partial charge < -0.3 is 20.1 Å². The number of carbonyl (C=O) groups excluding carboxylic acids is 2. The van der Waals surface area contributed by atoms with E-state index in [4.69, 9.17) is 9.47 Å². The lowest BCUT2D eigenvalue weighted by molar-refractivity contribution is -0.139. The molecule has 1 heterocycles. The molecule has 0 radical (unpaired) electrons. The van der Waals surface area contributed by atoms with Crippen molar-refractivity contribution >= 4 is 22.8 Å². The second-order valence-corrected chi connectivity index (χ2v) is 6.64. The van der Waals surface area contributed by atoms with Gasteiger partial charge in [0.1, 0.15) is 5.75 Å². The third-order valence-electron chi connectivity index (χ3n) is 4.61. The van der Waals surface area contributed by atoms with Gasteiger partial charge in [-0.2, -0.15) is 0 Å². The van der Waals surface area contributed by atoms with Crippen molar-refractivity contribution < 1.29 is 19.1 Å². The number of carbonyl (C=O) groups is 2. The molecule has 0 fully saturated rings. The fourth-order valence-corrected chi connectivity index (χ4v) is 3.44. The lowest BCUT2D eigenvalue weighted by atomic mass is 9.88. The minimum Gasteiger partial charge on any atom is -0.496 e. The quantitative estimate of drug-likeness (QED) is 0.790. The number of amides is 2. The van der Waals surface area contributed by atoms with Crippen molar-refractivity contribution in [2.24, 2.45) is 5.92 Å². The van der Waals surface area contributed by atoms with Crippen LogP contribution in [0.25, 0.3) is 10.8 Å². The van der Waals surface area contributed by atoms with E-state index in [0.29, 0.717) is 17.0 Å². The Labute approximate surface area is 158 Å². The van der Waals surface area contributed by atoms with Crippen molar-refractivity contribution in [2.45, 2.75) is 26.8 Å². The smallest absolute Gasteiger partial charge is 0.338 e. The molecular weight excluding hydrogens is 344 g/mol. The van der Waals surface area contributed by atoms with Gasteiger partial charge in [-0.15, -0.1) is 0 Å². The van der Waals surface area contributed by atoms with E-state index in [1.54, 1.807) is 14.0 Å². The van der Waals surface area contributed by atoms with Crippen LogP contribution in [-0.2, 0) is 9.53 Å². The highest BCUT2D eigenvalue weighted by molar-refractivity contribution is 5.98. The van der Waals surface area contributed by atoms with Crippen LogP contribution in [0.5, 0.6) is 5.75 Å². The standard InChI is InChI=1S/C21H24N2O4/c1-5-27-20(24)17-18(12(2)3)22-21(25)23-19(17)16-14-9-7-6-8-13(14)10-11-15(16)26-4/h6-12,19H,5H2,1-4H3,(H2,22,23,25). The molecule has 0 saturated heterocycles. The molecule has 2 amide bonds. The molecule has 2 aromatic carbocycles. The number of benzene rings is 2. The fourth-order valence-electron chi connectivity index (χ4n) is 3.44. The van der Waals surface area contributed by atoms with Crippen LogP contribution in [0.4, 0.5) is 4.79 Å². The number of allylic oxidation sites excluding steroid dienone is 1. The Morgan fingerprint density at radius 2 is 1.93 bits per heavy atom. The highest BCUT2D eigenvalue weighted by atomic mass is 16.5. The molecule has 0 aliphatic carbocycles. The molecule has 2 aromatic rings. The van der Waals surface area contributed by atoms with Crippen molar-refractivity contribution in [3.05, 3.63) is 53.2 Å². The van der Waals surface area contributed by atoms with Crippen molar-refractivity contribution in [3.8, 4) is 5.75 Å². The van der Waals surface area contributed by atoms with Crippen molar-refractivity contribution in [3.63, 3.8) is 0 Å². The molecule has 6 heteroatoms. The molecule has 27 heavy (non-hydrogen) atoms. The Morgan fingerprint density at radius 1 is 1.19 bits per heavy atom. The number of esters is 1. The first-order valence-corrected chi connectivity index (χ1v) is 9.02.